The van der Waals surface area contributed by atoms with E-state index >= 15 is 0 Å². The standard InChI is InChI=1S/C11H14N2O3/c1-6-4-8(13-11(15)10(12)14)5-7(2)9(6)16-3/h4-5H,1-3H3,(H2,12,14)(H,13,15). The molecule has 0 radical (unpaired) electrons. The second-order valence-electron chi connectivity index (χ2n) is 3.46. The van der Waals surface area contributed by atoms with Gasteiger partial charge in [0.1, 0.15) is 5.75 Å². The van der Waals surface area contributed by atoms with E-state index in [2.05, 4.69) is 5.32 Å². The molecule has 0 atom stereocenters. The van der Waals surface area contributed by atoms with Crippen molar-refractivity contribution < 1.29 is 14.3 Å². The third kappa shape index (κ3) is 2.50. The van der Waals surface area contributed by atoms with E-state index in [1.165, 1.54) is 0 Å². The lowest BCUT2D eigenvalue weighted by molar-refractivity contribution is -0.134. The Balaban J connectivity index is 3.00. The van der Waals surface area contributed by atoms with Crippen molar-refractivity contribution in [2.75, 3.05) is 12.4 Å². The van der Waals surface area contributed by atoms with Gasteiger partial charge in [0.15, 0.2) is 0 Å². The van der Waals surface area contributed by atoms with Crippen LogP contribution in [0.25, 0.3) is 0 Å². The van der Waals surface area contributed by atoms with E-state index in [0.717, 1.165) is 16.9 Å². The van der Waals surface area contributed by atoms with E-state index < -0.39 is 11.8 Å². The fraction of sp³-hybridized carbons (Fsp3) is 0.273. The Morgan fingerprint density at radius 2 is 1.75 bits per heavy atom. The molecule has 0 saturated carbocycles. The molecular weight excluding hydrogens is 208 g/mol. The fourth-order valence-corrected chi connectivity index (χ4v) is 1.54. The van der Waals surface area contributed by atoms with Crippen LogP contribution in [0.4, 0.5) is 5.69 Å². The number of benzene rings is 1. The van der Waals surface area contributed by atoms with Crippen LogP contribution < -0.4 is 15.8 Å². The molecule has 16 heavy (non-hydrogen) atoms. The average Bonchev–Trinajstić information content (AvgIpc) is 2.16. The fourth-order valence-electron chi connectivity index (χ4n) is 1.54. The summed E-state index contributed by atoms with van der Waals surface area (Å²) in [7, 11) is 1.58. The van der Waals surface area contributed by atoms with E-state index in [0.29, 0.717) is 5.69 Å². The number of aryl methyl sites for hydroxylation is 2. The smallest absolute Gasteiger partial charge is 0.313 e. The molecule has 0 aromatic heterocycles. The minimum absolute atomic E-state index is 0.527. The molecule has 1 aromatic rings. The van der Waals surface area contributed by atoms with Crippen LogP contribution in [-0.2, 0) is 9.59 Å². The van der Waals surface area contributed by atoms with Crippen molar-refractivity contribution in [3.63, 3.8) is 0 Å². The Labute approximate surface area is 93.6 Å². The molecule has 0 spiro atoms. The number of amides is 2. The van der Waals surface area contributed by atoms with Crippen molar-refractivity contribution in [1.82, 2.24) is 0 Å². The van der Waals surface area contributed by atoms with Gasteiger partial charge < -0.3 is 15.8 Å². The van der Waals surface area contributed by atoms with Gasteiger partial charge in [0.2, 0.25) is 0 Å². The van der Waals surface area contributed by atoms with E-state index in [-0.39, 0.29) is 0 Å². The molecule has 5 heteroatoms. The molecule has 2 amide bonds. The molecule has 0 aliphatic carbocycles. The van der Waals surface area contributed by atoms with Gasteiger partial charge in [0.05, 0.1) is 7.11 Å². The van der Waals surface area contributed by atoms with Gasteiger partial charge in [0, 0.05) is 5.69 Å². The molecule has 1 rings (SSSR count). The highest BCUT2D eigenvalue weighted by molar-refractivity contribution is 6.39. The third-order valence-electron chi connectivity index (χ3n) is 2.15. The van der Waals surface area contributed by atoms with Gasteiger partial charge in [-0.15, -0.1) is 0 Å². The molecule has 86 valence electrons. The van der Waals surface area contributed by atoms with Gasteiger partial charge in [-0.1, -0.05) is 0 Å². The number of primary amides is 1. The Morgan fingerprint density at radius 1 is 1.25 bits per heavy atom. The number of hydrogen-bond donors (Lipinski definition) is 2. The number of hydrogen-bond acceptors (Lipinski definition) is 3. The first-order valence-corrected chi connectivity index (χ1v) is 4.71. The first kappa shape index (κ1) is 12.0. The van der Waals surface area contributed by atoms with Crippen LogP contribution in [0.5, 0.6) is 5.75 Å². The van der Waals surface area contributed by atoms with Crippen LogP contribution in [0.15, 0.2) is 12.1 Å². The summed E-state index contributed by atoms with van der Waals surface area (Å²) >= 11 is 0. The van der Waals surface area contributed by atoms with Crippen molar-refractivity contribution in [3.8, 4) is 5.75 Å². The van der Waals surface area contributed by atoms with Crippen molar-refractivity contribution in [2.45, 2.75) is 13.8 Å². The Morgan fingerprint density at radius 3 is 2.12 bits per heavy atom. The van der Waals surface area contributed by atoms with Gasteiger partial charge in [0.25, 0.3) is 0 Å². The quantitative estimate of drug-likeness (QED) is 0.724. The normalized spacial score (nSPS) is 9.69. The molecule has 0 unspecified atom stereocenters. The van der Waals surface area contributed by atoms with Crippen LogP contribution in [0.1, 0.15) is 11.1 Å². The molecule has 5 nitrogen and oxygen atoms in total. The molecular formula is C11H14N2O3. The first-order valence-electron chi connectivity index (χ1n) is 4.71. The van der Waals surface area contributed by atoms with Crippen molar-refractivity contribution in [3.05, 3.63) is 23.3 Å². The van der Waals surface area contributed by atoms with Gasteiger partial charge in [-0.05, 0) is 37.1 Å². The number of methoxy groups -OCH3 is 1. The summed E-state index contributed by atoms with van der Waals surface area (Å²) in [6, 6.07) is 3.43. The third-order valence-corrected chi connectivity index (χ3v) is 2.15. The van der Waals surface area contributed by atoms with E-state index in [1.807, 2.05) is 13.8 Å². The maximum atomic E-state index is 11.1. The highest BCUT2D eigenvalue weighted by Gasteiger charge is 2.11. The van der Waals surface area contributed by atoms with E-state index in [4.69, 9.17) is 10.5 Å². The summed E-state index contributed by atoms with van der Waals surface area (Å²) in [5.74, 6) is -1.08. The van der Waals surface area contributed by atoms with Crippen molar-refractivity contribution in [2.24, 2.45) is 5.73 Å². The number of anilines is 1. The highest BCUT2D eigenvalue weighted by atomic mass is 16.5. The highest BCUT2D eigenvalue weighted by Crippen LogP contribution is 2.26. The van der Waals surface area contributed by atoms with Crippen LogP contribution in [0.2, 0.25) is 0 Å². The molecule has 0 saturated heterocycles. The van der Waals surface area contributed by atoms with Crippen LogP contribution in [0, 0.1) is 13.8 Å². The van der Waals surface area contributed by atoms with Gasteiger partial charge >= 0.3 is 11.8 Å². The second kappa shape index (κ2) is 4.65. The minimum Gasteiger partial charge on any atom is -0.496 e. The Bertz CT molecular complexity index is 418. The molecule has 0 heterocycles. The average molecular weight is 222 g/mol. The summed E-state index contributed by atoms with van der Waals surface area (Å²) < 4.78 is 5.18. The second-order valence-corrected chi connectivity index (χ2v) is 3.46. The molecule has 0 aliphatic heterocycles. The topological polar surface area (TPSA) is 81.4 Å². The molecule has 0 bridgehead atoms. The lowest BCUT2D eigenvalue weighted by Gasteiger charge is -2.11. The maximum absolute atomic E-state index is 11.1. The summed E-state index contributed by atoms with van der Waals surface area (Å²) in [5.41, 5.74) is 7.12. The largest absolute Gasteiger partial charge is 0.496 e. The summed E-state index contributed by atoms with van der Waals surface area (Å²) in [6.45, 7) is 3.71. The van der Waals surface area contributed by atoms with Crippen LogP contribution in [0.3, 0.4) is 0 Å². The summed E-state index contributed by atoms with van der Waals surface area (Å²) in [5, 5.41) is 2.41. The Hall–Kier alpha value is -2.04. The first-order chi connectivity index (χ1) is 7.45. The van der Waals surface area contributed by atoms with Crippen LogP contribution in [-0.4, -0.2) is 18.9 Å². The predicted octanol–water partition coefficient (Wildman–Crippen LogP) is 0.736. The number of carbonyl (C=O) groups is 2. The lowest BCUT2D eigenvalue weighted by atomic mass is 10.1. The van der Waals surface area contributed by atoms with E-state index in [1.54, 1.807) is 19.2 Å². The van der Waals surface area contributed by atoms with E-state index in [9.17, 15) is 9.59 Å². The van der Waals surface area contributed by atoms with Crippen LogP contribution >= 0.6 is 0 Å². The SMILES string of the molecule is COc1c(C)cc(NC(=O)C(N)=O)cc1C. The predicted molar refractivity (Wildman–Crippen MR) is 60.3 cm³/mol. The number of ether oxygens (including phenoxy) is 1. The summed E-state index contributed by atoms with van der Waals surface area (Å²) in [4.78, 5) is 21.7. The van der Waals surface area contributed by atoms with Crippen molar-refractivity contribution in [1.29, 1.82) is 0 Å². The zero-order valence-corrected chi connectivity index (χ0v) is 9.46. The monoisotopic (exact) mass is 222 g/mol. The molecule has 0 fully saturated rings. The van der Waals surface area contributed by atoms with Gasteiger partial charge in [-0.2, -0.15) is 0 Å². The number of nitrogens with two attached hydrogens (primary N) is 1. The lowest BCUT2D eigenvalue weighted by Crippen LogP contribution is -2.29. The van der Waals surface area contributed by atoms with Gasteiger partial charge in [-0.25, -0.2) is 0 Å². The molecule has 3 N–H and O–H groups in total. The van der Waals surface area contributed by atoms with Gasteiger partial charge in [-0.3, -0.25) is 9.59 Å². The maximum Gasteiger partial charge on any atom is 0.313 e. The zero-order valence-electron chi connectivity index (χ0n) is 9.46. The molecule has 0 aliphatic rings. The summed E-state index contributed by atoms with van der Waals surface area (Å²) in [6.07, 6.45) is 0. The number of nitrogens with one attached hydrogen (secondary N) is 1. The molecule has 1 aromatic carbocycles. The number of carbonyl (C=O) groups excluding carboxylic acids is 2. The number of rotatable bonds is 2. The Kier molecular flexibility index (Phi) is 3.50. The minimum atomic E-state index is -1.01. The zero-order chi connectivity index (χ0) is 12.3. The van der Waals surface area contributed by atoms with Crippen molar-refractivity contribution >= 4 is 17.5 Å².